The highest BCUT2D eigenvalue weighted by atomic mass is 127. The first-order valence-electron chi connectivity index (χ1n) is 9.83. The summed E-state index contributed by atoms with van der Waals surface area (Å²) in [6.45, 7) is 7.88. The van der Waals surface area contributed by atoms with Gasteiger partial charge in [0.2, 0.25) is 0 Å². The van der Waals surface area contributed by atoms with Crippen LogP contribution in [0.3, 0.4) is 0 Å². The van der Waals surface area contributed by atoms with E-state index in [1.54, 1.807) is 0 Å². The second-order valence-electron chi connectivity index (χ2n) is 7.11. The van der Waals surface area contributed by atoms with Crippen LogP contribution in [0, 0.1) is 6.92 Å². The van der Waals surface area contributed by atoms with Gasteiger partial charge in [-0.1, -0.05) is 0 Å². The number of rotatable bonds is 6. The van der Waals surface area contributed by atoms with Gasteiger partial charge in [0.05, 0.1) is 11.9 Å². The maximum absolute atomic E-state index is 4.78. The molecule has 1 saturated heterocycles. The van der Waals surface area contributed by atoms with Crippen LogP contribution in [0.1, 0.15) is 30.9 Å². The lowest BCUT2D eigenvalue weighted by atomic mass is 10.1. The van der Waals surface area contributed by atoms with E-state index in [4.69, 9.17) is 4.99 Å². The first kappa shape index (κ1) is 22.4. The Hall–Kier alpha value is -1.84. The van der Waals surface area contributed by atoms with Crippen molar-refractivity contribution in [1.82, 2.24) is 25.4 Å². The van der Waals surface area contributed by atoms with Gasteiger partial charge in [-0.25, -0.2) is 0 Å². The lowest BCUT2D eigenvalue weighted by Crippen LogP contribution is -2.51. The third kappa shape index (κ3) is 6.35. The predicted octanol–water partition coefficient (Wildman–Crippen LogP) is 2.51. The third-order valence-corrected chi connectivity index (χ3v) is 4.95. The van der Waals surface area contributed by atoms with Crippen molar-refractivity contribution in [2.45, 2.75) is 39.2 Å². The molecule has 2 aromatic heterocycles. The molecule has 154 valence electrons. The number of aryl methyl sites for hydroxylation is 2. The normalized spacial score (nSPS) is 17.2. The summed E-state index contributed by atoms with van der Waals surface area (Å²) >= 11 is 0. The molecule has 0 aromatic carbocycles. The Kier molecular flexibility index (Phi) is 9.01. The SMILES string of the molecule is CCNC(=NCCc1ccncc1C)NC1CCCN(c2cnn(C)c2)C1.I. The lowest BCUT2D eigenvalue weighted by Gasteiger charge is -2.34. The quantitative estimate of drug-likeness (QED) is 0.365. The van der Waals surface area contributed by atoms with Crippen LogP contribution in [-0.4, -0.2) is 52.9 Å². The van der Waals surface area contributed by atoms with Crippen LogP contribution in [0.5, 0.6) is 0 Å². The van der Waals surface area contributed by atoms with Crippen molar-refractivity contribution in [3.8, 4) is 0 Å². The van der Waals surface area contributed by atoms with Crippen molar-refractivity contribution < 1.29 is 0 Å². The molecule has 3 heterocycles. The fourth-order valence-electron chi connectivity index (χ4n) is 3.49. The van der Waals surface area contributed by atoms with Crippen LogP contribution >= 0.6 is 24.0 Å². The first-order valence-corrected chi connectivity index (χ1v) is 9.83. The largest absolute Gasteiger partial charge is 0.367 e. The highest BCUT2D eigenvalue weighted by Gasteiger charge is 2.21. The van der Waals surface area contributed by atoms with Gasteiger partial charge in [-0.2, -0.15) is 5.10 Å². The molecule has 1 aliphatic heterocycles. The van der Waals surface area contributed by atoms with E-state index in [1.807, 2.05) is 30.3 Å². The third-order valence-electron chi connectivity index (χ3n) is 4.95. The molecule has 0 aliphatic carbocycles. The molecule has 3 rings (SSSR count). The Bertz CT molecular complexity index is 759. The summed E-state index contributed by atoms with van der Waals surface area (Å²) in [4.78, 5) is 11.3. The summed E-state index contributed by atoms with van der Waals surface area (Å²) in [6, 6.07) is 2.47. The Labute approximate surface area is 185 Å². The molecule has 2 N–H and O–H groups in total. The maximum atomic E-state index is 4.78. The molecular formula is C20H32IN7. The summed E-state index contributed by atoms with van der Waals surface area (Å²) < 4.78 is 1.86. The Balaban J connectivity index is 0.00000280. The summed E-state index contributed by atoms with van der Waals surface area (Å²) in [5.41, 5.74) is 3.73. The number of guanidine groups is 1. The van der Waals surface area contributed by atoms with Crippen molar-refractivity contribution in [3.05, 3.63) is 42.0 Å². The molecule has 1 fully saturated rings. The molecule has 0 bridgehead atoms. The minimum absolute atomic E-state index is 0. The molecule has 1 atom stereocenters. The van der Waals surface area contributed by atoms with Crippen LogP contribution in [0.15, 0.2) is 35.8 Å². The van der Waals surface area contributed by atoms with Crippen molar-refractivity contribution in [3.63, 3.8) is 0 Å². The van der Waals surface area contributed by atoms with Gasteiger partial charge < -0.3 is 15.5 Å². The van der Waals surface area contributed by atoms with E-state index in [0.717, 1.165) is 45.0 Å². The van der Waals surface area contributed by atoms with E-state index in [-0.39, 0.29) is 24.0 Å². The van der Waals surface area contributed by atoms with E-state index in [1.165, 1.54) is 23.2 Å². The molecule has 0 radical (unpaired) electrons. The van der Waals surface area contributed by atoms with Gasteiger partial charge in [0.15, 0.2) is 5.96 Å². The number of nitrogens with one attached hydrogen (secondary N) is 2. The van der Waals surface area contributed by atoms with E-state index in [0.29, 0.717) is 6.04 Å². The number of hydrogen-bond acceptors (Lipinski definition) is 4. The molecule has 0 amide bonds. The maximum Gasteiger partial charge on any atom is 0.191 e. The topological polar surface area (TPSA) is 70.4 Å². The number of halogens is 1. The number of piperidine rings is 1. The fraction of sp³-hybridized carbons (Fsp3) is 0.550. The monoisotopic (exact) mass is 497 g/mol. The van der Waals surface area contributed by atoms with Gasteiger partial charge >= 0.3 is 0 Å². The number of nitrogens with zero attached hydrogens (tertiary/aromatic N) is 5. The molecule has 0 saturated carbocycles. The molecular weight excluding hydrogens is 465 g/mol. The molecule has 8 heteroatoms. The van der Waals surface area contributed by atoms with Gasteiger partial charge in [-0.15, -0.1) is 24.0 Å². The van der Waals surface area contributed by atoms with Crippen molar-refractivity contribution in [1.29, 1.82) is 0 Å². The summed E-state index contributed by atoms with van der Waals surface area (Å²) in [5.74, 6) is 0.905. The Morgan fingerprint density at radius 3 is 2.93 bits per heavy atom. The highest BCUT2D eigenvalue weighted by molar-refractivity contribution is 14.0. The van der Waals surface area contributed by atoms with Gasteiger partial charge in [0.25, 0.3) is 0 Å². The predicted molar refractivity (Wildman–Crippen MR) is 126 cm³/mol. The summed E-state index contributed by atoms with van der Waals surface area (Å²) in [7, 11) is 1.96. The second kappa shape index (κ2) is 11.2. The average molecular weight is 497 g/mol. The van der Waals surface area contributed by atoms with E-state index >= 15 is 0 Å². The van der Waals surface area contributed by atoms with Crippen LogP contribution in [0.25, 0.3) is 0 Å². The average Bonchev–Trinajstić information content (AvgIpc) is 3.10. The van der Waals surface area contributed by atoms with Crippen LogP contribution in [0.2, 0.25) is 0 Å². The first-order chi connectivity index (χ1) is 13.2. The lowest BCUT2D eigenvalue weighted by molar-refractivity contribution is 0.468. The Morgan fingerprint density at radius 2 is 2.21 bits per heavy atom. The Morgan fingerprint density at radius 1 is 1.36 bits per heavy atom. The van der Waals surface area contributed by atoms with Crippen LogP contribution < -0.4 is 15.5 Å². The van der Waals surface area contributed by atoms with Gasteiger partial charge in [-0.3, -0.25) is 14.7 Å². The summed E-state index contributed by atoms with van der Waals surface area (Å²) in [6.07, 6.45) is 11.0. The zero-order valence-electron chi connectivity index (χ0n) is 17.1. The zero-order chi connectivity index (χ0) is 19.1. The van der Waals surface area contributed by atoms with Gasteiger partial charge in [0.1, 0.15) is 0 Å². The number of pyridine rings is 1. The second-order valence-corrected chi connectivity index (χ2v) is 7.11. The van der Waals surface area contributed by atoms with Crippen molar-refractivity contribution in [2.75, 3.05) is 31.1 Å². The minimum atomic E-state index is 0. The highest BCUT2D eigenvalue weighted by Crippen LogP contribution is 2.19. The molecule has 1 unspecified atom stereocenters. The standard InChI is InChI=1S/C20H31N7.HI/c1-4-22-20(23-10-8-17-7-9-21-12-16(17)2)25-18-6-5-11-27(14-18)19-13-24-26(3)15-19;/h7,9,12-13,15,18H,4-6,8,10-11,14H2,1-3H3,(H2,22,23,25);1H. The van der Waals surface area contributed by atoms with Gasteiger partial charge in [0, 0.05) is 57.9 Å². The number of aromatic nitrogens is 3. The van der Waals surface area contributed by atoms with E-state index in [9.17, 15) is 0 Å². The smallest absolute Gasteiger partial charge is 0.191 e. The van der Waals surface area contributed by atoms with Crippen molar-refractivity contribution in [2.24, 2.45) is 12.0 Å². The number of aliphatic imine (C=N–C) groups is 1. The number of anilines is 1. The molecule has 2 aromatic rings. The fourth-order valence-corrected chi connectivity index (χ4v) is 3.49. The number of hydrogen-bond donors (Lipinski definition) is 2. The summed E-state index contributed by atoms with van der Waals surface area (Å²) in [5, 5.41) is 11.3. The van der Waals surface area contributed by atoms with E-state index in [2.05, 4.69) is 51.7 Å². The minimum Gasteiger partial charge on any atom is -0.367 e. The van der Waals surface area contributed by atoms with Gasteiger partial charge in [-0.05, 0) is 50.3 Å². The van der Waals surface area contributed by atoms with E-state index < -0.39 is 0 Å². The van der Waals surface area contributed by atoms with Crippen LogP contribution in [0.4, 0.5) is 5.69 Å². The zero-order valence-corrected chi connectivity index (χ0v) is 19.4. The van der Waals surface area contributed by atoms with Crippen LogP contribution in [-0.2, 0) is 13.5 Å². The molecule has 1 aliphatic rings. The van der Waals surface area contributed by atoms with Crippen molar-refractivity contribution >= 4 is 35.6 Å². The molecule has 28 heavy (non-hydrogen) atoms. The molecule has 0 spiro atoms. The molecule has 7 nitrogen and oxygen atoms in total.